The first-order valence-corrected chi connectivity index (χ1v) is 8.24. The normalized spacial score (nSPS) is 23.8. The number of likely N-dealkylation sites (tertiary alicyclic amines) is 1. The standard InChI is InChI=1S/C18H27NO5/c1-14-12-19(9-7-18(14,21)8-10-22-2)17(20)13-24-16-6-4-5-15(11-16)23-3/h4-6,11,14,21H,7-10,12-13H2,1-3H3/t14-,18-/m0/s1. The van der Waals surface area contributed by atoms with E-state index in [0.717, 1.165) is 0 Å². The highest BCUT2D eigenvalue weighted by atomic mass is 16.5. The molecule has 2 atom stereocenters. The number of carbonyl (C=O) groups is 1. The third-order valence-electron chi connectivity index (χ3n) is 4.72. The summed E-state index contributed by atoms with van der Waals surface area (Å²) in [5.41, 5.74) is -0.763. The van der Waals surface area contributed by atoms with Gasteiger partial charge in [0.2, 0.25) is 0 Å². The largest absolute Gasteiger partial charge is 0.497 e. The molecule has 0 aromatic heterocycles. The zero-order valence-electron chi connectivity index (χ0n) is 14.7. The molecule has 0 radical (unpaired) electrons. The maximum absolute atomic E-state index is 12.4. The van der Waals surface area contributed by atoms with Gasteiger partial charge in [0, 0.05) is 38.8 Å². The topological polar surface area (TPSA) is 68.2 Å². The van der Waals surface area contributed by atoms with E-state index in [9.17, 15) is 9.90 Å². The number of hydrogen-bond donors (Lipinski definition) is 1. The molecule has 0 saturated carbocycles. The molecule has 134 valence electrons. The van der Waals surface area contributed by atoms with Crippen molar-refractivity contribution in [1.82, 2.24) is 4.90 Å². The molecule has 1 heterocycles. The molecule has 0 aliphatic carbocycles. The summed E-state index contributed by atoms with van der Waals surface area (Å²) in [6.45, 7) is 3.54. The van der Waals surface area contributed by atoms with E-state index in [-0.39, 0.29) is 18.4 Å². The summed E-state index contributed by atoms with van der Waals surface area (Å²) in [6, 6.07) is 7.17. The van der Waals surface area contributed by atoms with E-state index in [2.05, 4.69) is 0 Å². The molecular weight excluding hydrogens is 310 g/mol. The molecule has 6 heteroatoms. The maximum Gasteiger partial charge on any atom is 0.260 e. The fourth-order valence-corrected chi connectivity index (χ4v) is 2.97. The number of ether oxygens (including phenoxy) is 3. The molecular formula is C18H27NO5. The second kappa shape index (κ2) is 8.35. The predicted octanol–water partition coefficient (Wildman–Crippen LogP) is 1.71. The van der Waals surface area contributed by atoms with Gasteiger partial charge >= 0.3 is 0 Å². The molecule has 1 N–H and O–H groups in total. The van der Waals surface area contributed by atoms with Gasteiger partial charge in [0.15, 0.2) is 6.61 Å². The van der Waals surface area contributed by atoms with Gasteiger partial charge in [-0.25, -0.2) is 0 Å². The van der Waals surface area contributed by atoms with Crippen molar-refractivity contribution in [2.24, 2.45) is 5.92 Å². The molecule has 24 heavy (non-hydrogen) atoms. The molecule has 1 saturated heterocycles. The monoisotopic (exact) mass is 337 g/mol. The van der Waals surface area contributed by atoms with Crippen molar-refractivity contribution in [3.8, 4) is 11.5 Å². The minimum atomic E-state index is -0.763. The number of benzene rings is 1. The third-order valence-corrected chi connectivity index (χ3v) is 4.72. The fourth-order valence-electron chi connectivity index (χ4n) is 2.97. The van der Waals surface area contributed by atoms with Crippen LogP contribution in [0.5, 0.6) is 11.5 Å². The Morgan fingerprint density at radius 3 is 2.79 bits per heavy atom. The molecule has 1 aromatic rings. The summed E-state index contributed by atoms with van der Waals surface area (Å²) < 4.78 is 15.8. The Bertz CT molecular complexity index is 550. The van der Waals surface area contributed by atoms with Gasteiger partial charge in [0.25, 0.3) is 5.91 Å². The summed E-state index contributed by atoms with van der Waals surface area (Å²) in [5.74, 6) is 1.22. The van der Waals surface area contributed by atoms with Gasteiger partial charge in [0.1, 0.15) is 11.5 Å². The summed E-state index contributed by atoms with van der Waals surface area (Å²) in [4.78, 5) is 14.1. The van der Waals surface area contributed by atoms with Crippen molar-refractivity contribution in [3.63, 3.8) is 0 Å². The Hall–Kier alpha value is -1.79. The molecule has 1 amide bonds. The minimum absolute atomic E-state index is 0.00201. The van der Waals surface area contributed by atoms with Crippen molar-refractivity contribution in [2.45, 2.75) is 25.4 Å². The summed E-state index contributed by atoms with van der Waals surface area (Å²) in [7, 11) is 3.21. The summed E-state index contributed by atoms with van der Waals surface area (Å²) in [6.07, 6.45) is 1.15. The van der Waals surface area contributed by atoms with Crippen LogP contribution in [0, 0.1) is 5.92 Å². The Morgan fingerprint density at radius 1 is 1.38 bits per heavy atom. The van der Waals surface area contributed by atoms with E-state index in [0.29, 0.717) is 44.0 Å². The van der Waals surface area contributed by atoms with Gasteiger partial charge in [-0.1, -0.05) is 13.0 Å². The smallest absolute Gasteiger partial charge is 0.260 e. The molecule has 0 unspecified atom stereocenters. The predicted molar refractivity (Wildman–Crippen MR) is 90.3 cm³/mol. The highest BCUT2D eigenvalue weighted by Crippen LogP contribution is 2.31. The first-order valence-electron chi connectivity index (χ1n) is 8.24. The summed E-state index contributed by atoms with van der Waals surface area (Å²) in [5, 5.41) is 10.7. The quantitative estimate of drug-likeness (QED) is 0.820. The van der Waals surface area contributed by atoms with Crippen LogP contribution in [0.25, 0.3) is 0 Å². The first-order chi connectivity index (χ1) is 11.5. The van der Waals surface area contributed by atoms with Gasteiger partial charge in [-0.2, -0.15) is 0 Å². The Balaban J connectivity index is 1.85. The van der Waals surface area contributed by atoms with Crippen LogP contribution in [0.4, 0.5) is 0 Å². The third kappa shape index (κ3) is 4.61. The van der Waals surface area contributed by atoms with E-state index in [1.54, 1.807) is 31.3 Å². The average Bonchev–Trinajstić information content (AvgIpc) is 2.60. The number of carbonyl (C=O) groups excluding carboxylic acids is 1. The van der Waals surface area contributed by atoms with E-state index < -0.39 is 5.60 Å². The zero-order chi connectivity index (χ0) is 17.6. The number of aliphatic hydroxyl groups is 1. The van der Waals surface area contributed by atoms with Crippen LogP contribution in [0.15, 0.2) is 24.3 Å². The second-order valence-corrected chi connectivity index (χ2v) is 6.30. The van der Waals surface area contributed by atoms with Crippen LogP contribution in [0.3, 0.4) is 0 Å². The highest BCUT2D eigenvalue weighted by Gasteiger charge is 2.39. The van der Waals surface area contributed by atoms with Crippen molar-refractivity contribution in [3.05, 3.63) is 24.3 Å². The van der Waals surface area contributed by atoms with Crippen molar-refractivity contribution in [1.29, 1.82) is 0 Å². The Labute approximate surface area is 143 Å². The Morgan fingerprint density at radius 2 is 2.12 bits per heavy atom. The molecule has 1 fully saturated rings. The lowest BCUT2D eigenvalue weighted by atomic mass is 9.80. The number of methoxy groups -OCH3 is 2. The van der Waals surface area contributed by atoms with Crippen molar-refractivity contribution in [2.75, 3.05) is 40.5 Å². The molecule has 6 nitrogen and oxygen atoms in total. The van der Waals surface area contributed by atoms with Crippen LogP contribution in [-0.2, 0) is 9.53 Å². The zero-order valence-corrected chi connectivity index (χ0v) is 14.7. The number of rotatable bonds is 7. The number of nitrogens with zero attached hydrogens (tertiary/aromatic N) is 1. The number of amides is 1. The number of piperidine rings is 1. The number of hydrogen-bond acceptors (Lipinski definition) is 5. The molecule has 1 aromatic carbocycles. The minimum Gasteiger partial charge on any atom is -0.497 e. The molecule has 2 rings (SSSR count). The van der Waals surface area contributed by atoms with Crippen LogP contribution in [0.2, 0.25) is 0 Å². The maximum atomic E-state index is 12.4. The first kappa shape index (κ1) is 18.5. The fraction of sp³-hybridized carbons (Fsp3) is 0.611. The molecule has 1 aliphatic heterocycles. The van der Waals surface area contributed by atoms with Gasteiger partial charge in [0.05, 0.1) is 12.7 Å². The lowest BCUT2D eigenvalue weighted by molar-refractivity contribution is -0.142. The van der Waals surface area contributed by atoms with Crippen LogP contribution in [-0.4, -0.2) is 62.0 Å². The van der Waals surface area contributed by atoms with E-state index in [4.69, 9.17) is 14.2 Å². The molecule has 1 aliphatic rings. The average molecular weight is 337 g/mol. The molecule has 0 bridgehead atoms. The van der Waals surface area contributed by atoms with E-state index in [1.807, 2.05) is 19.1 Å². The van der Waals surface area contributed by atoms with E-state index >= 15 is 0 Å². The SMILES string of the molecule is COCC[C@@]1(O)CCN(C(=O)COc2cccc(OC)c2)C[C@@H]1C. The van der Waals surface area contributed by atoms with Crippen LogP contribution < -0.4 is 9.47 Å². The van der Waals surface area contributed by atoms with Crippen LogP contribution >= 0.6 is 0 Å². The second-order valence-electron chi connectivity index (χ2n) is 6.30. The highest BCUT2D eigenvalue weighted by molar-refractivity contribution is 5.78. The van der Waals surface area contributed by atoms with Gasteiger partial charge < -0.3 is 24.2 Å². The van der Waals surface area contributed by atoms with Gasteiger partial charge in [-0.3, -0.25) is 4.79 Å². The lowest BCUT2D eigenvalue weighted by Gasteiger charge is -2.43. The summed E-state index contributed by atoms with van der Waals surface area (Å²) >= 11 is 0. The molecule has 0 spiro atoms. The van der Waals surface area contributed by atoms with Crippen LogP contribution in [0.1, 0.15) is 19.8 Å². The Kier molecular flexibility index (Phi) is 6.45. The van der Waals surface area contributed by atoms with Crippen molar-refractivity contribution >= 4 is 5.91 Å². The lowest BCUT2D eigenvalue weighted by Crippen LogP contribution is -2.53. The van der Waals surface area contributed by atoms with Crippen molar-refractivity contribution < 1.29 is 24.1 Å². The van der Waals surface area contributed by atoms with E-state index in [1.165, 1.54) is 0 Å². The van der Waals surface area contributed by atoms with Gasteiger partial charge in [-0.05, 0) is 25.0 Å². The van der Waals surface area contributed by atoms with Gasteiger partial charge in [-0.15, -0.1) is 0 Å².